The van der Waals surface area contributed by atoms with Gasteiger partial charge in [-0.05, 0) is 0 Å². The molecule has 4 aromatic heterocycles. The lowest BCUT2D eigenvalue weighted by atomic mass is 10.1. The van der Waals surface area contributed by atoms with Gasteiger partial charge in [-0.2, -0.15) is 19.3 Å². The molecule has 6 heterocycles. The van der Waals surface area contributed by atoms with Gasteiger partial charge in [-0.15, -0.1) is 0 Å². The second kappa shape index (κ2) is 12.5. The number of aromatic nitrogens is 8. The van der Waals surface area contributed by atoms with Gasteiger partial charge in [0.05, 0.1) is 32.0 Å². The standard InChI is InChI=1S/C21H27FN10O13P2/c1-40-46(36,37)42-4-9-12(34)13(19(44-9)32-6-26-11-16(32)29-21(24)30-17(11)35)45-47(38,39)41-3-7-2-8(33)18(43-7)31-5-25-10-14(23)27-20(22)28-15(10)31/h5-9,12-13,18-19,33-34H,2-4H2,1H3,(H,36,37)(H,38,39)(H2,23,27,28)(H3,24,29,30,35)/t7-,8+,9+,12+,13+,18+,19+/m0/s1. The Labute approximate surface area is 260 Å². The molecule has 0 radical (unpaired) electrons. The average molecular weight is 708 g/mol. The van der Waals surface area contributed by atoms with Crippen LogP contribution in [0.25, 0.3) is 22.3 Å². The lowest BCUT2D eigenvalue weighted by molar-refractivity contribution is -0.0588. The van der Waals surface area contributed by atoms with Crippen LogP contribution in [0.15, 0.2) is 17.4 Å². The first kappa shape index (κ1) is 33.4. The Morgan fingerprint density at radius 2 is 1.66 bits per heavy atom. The van der Waals surface area contributed by atoms with Gasteiger partial charge < -0.3 is 40.9 Å². The van der Waals surface area contributed by atoms with E-state index in [1.807, 2.05) is 0 Å². The Bertz CT molecular complexity index is 1960. The van der Waals surface area contributed by atoms with Crippen LogP contribution in [0.2, 0.25) is 0 Å². The van der Waals surface area contributed by atoms with Crippen LogP contribution >= 0.6 is 15.6 Å². The molecule has 0 aromatic carbocycles. The van der Waals surface area contributed by atoms with Gasteiger partial charge in [0, 0.05) is 13.5 Å². The lowest BCUT2D eigenvalue weighted by Crippen LogP contribution is -2.35. The van der Waals surface area contributed by atoms with E-state index in [0.29, 0.717) is 0 Å². The molecule has 2 saturated heterocycles. The number of halogens is 1. The van der Waals surface area contributed by atoms with Gasteiger partial charge in [-0.25, -0.2) is 19.1 Å². The van der Waals surface area contributed by atoms with E-state index in [-0.39, 0.29) is 40.5 Å². The van der Waals surface area contributed by atoms with Crippen molar-refractivity contribution in [3.8, 4) is 0 Å². The number of ether oxygens (including phenoxy) is 2. The van der Waals surface area contributed by atoms with Gasteiger partial charge in [0.25, 0.3) is 5.56 Å². The fraction of sp³-hybridized carbons (Fsp3) is 0.524. The summed E-state index contributed by atoms with van der Waals surface area (Å²) >= 11 is 0. The zero-order valence-electron chi connectivity index (χ0n) is 23.8. The molecular formula is C21H27FN10O13P2. The summed E-state index contributed by atoms with van der Waals surface area (Å²) in [5.74, 6) is -0.541. The molecular weight excluding hydrogens is 681 g/mol. The molecule has 47 heavy (non-hydrogen) atoms. The number of H-pyrrole nitrogens is 1. The number of hydrogen-bond acceptors (Lipinski definition) is 18. The Hall–Kier alpha value is -3.51. The molecule has 2 aliphatic rings. The number of aliphatic hydroxyl groups excluding tert-OH is 2. The number of phosphoric ester groups is 2. The number of rotatable bonds is 11. The number of nitrogens with two attached hydrogens (primary N) is 2. The van der Waals surface area contributed by atoms with Crippen molar-refractivity contribution in [3.05, 3.63) is 29.1 Å². The van der Waals surface area contributed by atoms with Crippen molar-refractivity contribution in [3.63, 3.8) is 0 Å². The molecule has 2 unspecified atom stereocenters. The minimum absolute atomic E-state index is 0.0583. The lowest BCUT2D eigenvalue weighted by Gasteiger charge is -2.24. The first-order valence-corrected chi connectivity index (χ1v) is 16.4. The van der Waals surface area contributed by atoms with E-state index >= 15 is 0 Å². The Balaban J connectivity index is 1.19. The first-order chi connectivity index (χ1) is 22.2. The summed E-state index contributed by atoms with van der Waals surface area (Å²) < 4.78 is 72.2. The molecule has 2 aliphatic heterocycles. The van der Waals surface area contributed by atoms with E-state index < -0.39 is 83.5 Å². The zero-order chi connectivity index (χ0) is 33.8. The third kappa shape index (κ3) is 6.63. The van der Waals surface area contributed by atoms with Crippen LogP contribution in [0.4, 0.5) is 16.2 Å². The van der Waals surface area contributed by atoms with Gasteiger partial charge in [0.2, 0.25) is 5.95 Å². The highest BCUT2D eigenvalue weighted by molar-refractivity contribution is 7.47. The van der Waals surface area contributed by atoms with Gasteiger partial charge in [-0.1, -0.05) is 0 Å². The minimum atomic E-state index is -5.11. The highest BCUT2D eigenvalue weighted by atomic mass is 31.2. The number of aliphatic hydroxyl groups is 2. The molecule has 0 bridgehead atoms. The molecule has 9 atom stereocenters. The summed E-state index contributed by atoms with van der Waals surface area (Å²) in [5, 5.41) is 21.7. The summed E-state index contributed by atoms with van der Waals surface area (Å²) in [6.45, 7) is -1.37. The smallest absolute Gasteiger partial charge is 0.388 e. The molecule has 23 nitrogen and oxygen atoms in total. The summed E-state index contributed by atoms with van der Waals surface area (Å²) in [5.41, 5.74) is 10.2. The monoisotopic (exact) mass is 708 g/mol. The normalized spacial score (nSPS) is 29.0. The minimum Gasteiger partial charge on any atom is -0.388 e. The van der Waals surface area contributed by atoms with Crippen LogP contribution in [-0.2, 0) is 36.7 Å². The van der Waals surface area contributed by atoms with E-state index in [1.54, 1.807) is 0 Å². The maximum Gasteiger partial charge on any atom is 0.472 e. The molecule has 9 N–H and O–H groups in total. The Kier molecular flexibility index (Phi) is 8.88. The number of hydrogen-bond donors (Lipinski definition) is 7. The molecule has 0 amide bonds. The number of nitrogens with zero attached hydrogens (tertiary/aromatic N) is 7. The van der Waals surface area contributed by atoms with E-state index in [0.717, 1.165) is 18.0 Å². The fourth-order valence-corrected chi connectivity index (χ4v) is 6.48. The van der Waals surface area contributed by atoms with Crippen LogP contribution in [0.1, 0.15) is 18.9 Å². The summed E-state index contributed by atoms with van der Waals surface area (Å²) in [4.78, 5) is 53.8. The highest BCUT2D eigenvalue weighted by Crippen LogP contribution is 2.51. The van der Waals surface area contributed by atoms with Crippen LogP contribution in [0, 0.1) is 6.08 Å². The number of nitrogen functional groups attached to an aromatic ring is 2. The maximum absolute atomic E-state index is 13.8. The molecule has 0 spiro atoms. The molecule has 0 aliphatic carbocycles. The van der Waals surface area contributed by atoms with Crippen molar-refractivity contribution in [2.24, 2.45) is 0 Å². The molecule has 256 valence electrons. The van der Waals surface area contributed by atoms with Gasteiger partial charge in [0.15, 0.2) is 40.6 Å². The van der Waals surface area contributed by atoms with Crippen molar-refractivity contribution in [2.75, 3.05) is 31.8 Å². The first-order valence-electron chi connectivity index (χ1n) is 13.4. The van der Waals surface area contributed by atoms with Crippen molar-refractivity contribution < 1.29 is 61.1 Å². The number of imidazole rings is 2. The summed E-state index contributed by atoms with van der Waals surface area (Å²) in [7, 11) is -8.75. The quantitative estimate of drug-likeness (QED) is 0.0683. The van der Waals surface area contributed by atoms with Gasteiger partial charge in [-0.3, -0.25) is 37.0 Å². The highest BCUT2D eigenvalue weighted by Gasteiger charge is 2.50. The van der Waals surface area contributed by atoms with Crippen LogP contribution in [0.3, 0.4) is 0 Å². The zero-order valence-corrected chi connectivity index (χ0v) is 25.6. The van der Waals surface area contributed by atoms with Crippen LogP contribution in [-0.4, -0.2) is 110 Å². The van der Waals surface area contributed by atoms with Crippen molar-refractivity contribution in [2.45, 2.75) is 49.4 Å². The van der Waals surface area contributed by atoms with Crippen molar-refractivity contribution in [1.29, 1.82) is 0 Å². The fourth-order valence-electron chi connectivity index (χ4n) is 5.09. The third-order valence-electron chi connectivity index (χ3n) is 7.21. The molecule has 26 heteroatoms. The van der Waals surface area contributed by atoms with Crippen molar-refractivity contribution in [1.82, 2.24) is 39.0 Å². The third-order valence-corrected chi connectivity index (χ3v) is 9.13. The van der Waals surface area contributed by atoms with E-state index in [1.165, 1.54) is 10.9 Å². The summed E-state index contributed by atoms with van der Waals surface area (Å²) in [6, 6.07) is 0. The van der Waals surface area contributed by atoms with Crippen LogP contribution in [0.5, 0.6) is 0 Å². The number of anilines is 2. The Morgan fingerprint density at radius 1 is 1.00 bits per heavy atom. The van der Waals surface area contributed by atoms with E-state index in [4.69, 9.17) is 34.5 Å². The molecule has 0 saturated carbocycles. The number of fused-ring (bicyclic) bond motifs is 2. The summed E-state index contributed by atoms with van der Waals surface area (Å²) in [6.07, 6.45) is -8.95. The number of nitrogens with one attached hydrogen (secondary N) is 1. The second-order valence-corrected chi connectivity index (χ2v) is 13.2. The largest absolute Gasteiger partial charge is 0.472 e. The second-order valence-electron chi connectivity index (χ2n) is 10.3. The number of phosphoric acid groups is 2. The van der Waals surface area contributed by atoms with Gasteiger partial charge in [0.1, 0.15) is 24.4 Å². The average Bonchev–Trinajstić information content (AvgIpc) is 3.76. The van der Waals surface area contributed by atoms with Crippen LogP contribution < -0.4 is 17.0 Å². The number of aromatic amines is 1. The SMILES string of the molecule is COP(=O)(O)OC[C@H]1O[C@@H](n2cnc3c(=O)[nH]c(N)nc32)[C@H](OP(=O)(O)OC[C@@H]2C[C@@H](O)[C@H](n3cnc4c(N)nc(F)nc43)O2)[C@@H]1O. The van der Waals surface area contributed by atoms with Gasteiger partial charge >= 0.3 is 21.7 Å². The predicted octanol–water partition coefficient (Wildman–Crippen LogP) is -1.56. The molecule has 2 fully saturated rings. The van der Waals surface area contributed by atoms with E-state index in [9.17, 15) is 38.3 Å². The Morgan fingerprint density at radius 3 is 2.38 bits per heavy atom. The molecule has 4 aromatic rings. The predicted molar refractivity (Wildman–Crippen MR) is 150 cm³/mol. The topological polar surface area (TPSA) is 330 Å². The molecule has 6 rings (SSSR count). The maximum atomic E-state index is 13.8. The van der Waals surface area contributed by atoms with Crippen molar-refractivity contribution >= 4 is 49.7 Å². The van der Waals surface area contributed by atoms with E-state index in [2.05, 4.69) is 34.4 Å².